The molecule has 1 aromatic rings. The highest BCUT2D eigenvalue weighted by atomic mass is 32.2. The fraction of sp³-hybridized carbons (Fsp3) is 0.273. The normalized spacial score (nSPS) is 19.8. The number of amides is 1. The molecule has 0 aromatic carbocycles. The number of pyridine rings is 1. The number of allylic oxidation sites excluding steroid dienone is 1. The van der Waals surface area contributed by atoms with Crippen LogP contribution < -0.4 is 5.32 Å². The highest BCUT2D eigenvalue weighted by Crippen LogP contribution is 2.29. The Balaban J connectivity index is 2.02. The first-order chi connectivity index (χ1) is 7.25. The second kappa shape index (κ2) is 4.49. The molecule has 0 radical (unpaired) electrons. The first-order valence-electron chi connectivity index (χ1n) is 4.81. The van der Waals surface area contributed by atoms with Crippen LogP contribution in [0.15, 0.2) is 35.5 Å². The van der Waals surface area contributed by atoms with E-state index in [0.29, 0.717) is 5.92 Å². The average molecular weight is 220 g/mol. The van der Waals surface area contributed by atoms with Crippen molar-refractivity contribution in [1.29, 1.82) is 0 Å². The lowest BCUT2D eigenvalue weighted by Crippen LogP contribution is -2.11. The van der Waals surface area contributed by atoms with Crippen molar-refractivity contribution in [3.05, 3.63) is 35.5 Å². The Bertz CT molecular complexity index is 389. The van der Waals surface area contributed by atoms with Crippen LogP contribution in [0, 0.1) is 5.92 Å². The molecule has 3 nitrogen and oxygen atoms in total. The minimum atomic E-state index is -0.0180. The maximum absolute atomic E-state index is 11.7. The van der Waals surface area contributed by atoms with Crippen molar-refractivity contribution >= 4 is 23.4 Å². The van der Waals surface area contributed by atoms with E-state index in [1.54, 1.807) is 36.3 Å². The molecule has 1 unspecified atom stereocenters. The third-order valence-corrected chi connectivity index (χ3v) is 3.42. The molecular weight excluding hydrogens is 208 g/mol. The van der Waals surface area contributed by atoms with Crippen LogP contribution in [0.3, 0.4) is 0 Å². The number of anilines is 1. The summed E-state index contributed by atoms with van der Waals surface area (Å²) in [6.07, 6.45) is 5.34. The van der Waals surface area contributed by atoms with Crippen LogP contribution in [-0.4, -0.2) is 16.6 Å². The number of nitrogens with one attached hydrogen (secondary N) is 1. The van der Waals surface area contributed by atoms with Crippen molar-refractivity contribution < 1.29 is 4.79 Å². The predicted molar refractivity (Wildman–Crippen MR) is 62.6 cm³/mol. The van der Waals surface area contributed by atoms with E-state index >= 15 is 0 Å². The number of hydrogen-bond acceptors (Lipinski definition) is 3. The molecule has 0 aliphatic carbocycles. The summed E-state index contributed by atoms with van der Waals surface area (Å²) in [5, 5.41) is 2.84. The van der Waals surface area contributed by atoms with Gasteiger partial charge < -0.3 is 5.32 Å². The summed E-state index contributed by atoms with van der Waals surface area (Å²) in [6.45, 7) is 2.11. The van der Waals surface area contributed by atoms with Crippen LogP contribution in [-0.2, 0) is 4.79 Å². The first kappa shape index (κ1) is 10.2. The summed E-state index contributed by atoms with van der Waals surface area (Å²) >= 11 is 1.61. The Morgan fingerprint density at radius 3 is 2.87 bits per heavy atom. The fourth-order valence-electron chi connectivity index (χ4n) is 1.35. The van der Waals surface area contributed by atoms with Crippen molar-refractivity contribution in [2.45, 2.75) is 6.92 Å². The fourth-order valence-corrected chi connectivity index (χ4v) is 2.39. The van der Waals surface area contributed by atoms with E-state index in [2.05, 4.69) is 17.2 Å². The van der Waals surface area contributed by atoms with Gasteiger partial charge in [0.15, 0.2) is 0 Å². The smallest absolute Gasteiger partial charge is 0.261 e. The highest BCUT2D eigenvalue weighted by molar-refractivity contribution is 8.04. The molecule has 1 aromatic heterocycles. The van der Waals surface area contributed by atoms with Gasteiger partial charge in [-0.1, -0.05) is 13.0 Å². The quantitative estimate of drug-likeness (QED) is 0.831. The maximum atomic E-state index is 11.7. The predicted octanol–water partition coefficient (Wildman–Crippen LogP) is 2.29. The van der Waals surface area contributed by atoms with Crippen LogP contribution in [0.2, 0.25) is 0 Å². The zero-order valence-corrected chi connectivity index (χ0v) is 9.25. The Labute approximate surface area is 93.0 Å². The van der Waals surface area contributed by atoms with E-state index in [-0.39, 0.29) is 5.91 Å². The lowest BCUT2D eigenvalue weighted by atomic mass is 10.2. The molecule has 4 heteroatoms. The number of hydrogen-bond donors (Lipinski definition) is 1. The van der Waals surface area contributed by atoms with Gasteiger partial charge in [0.1, 0.15) is 0 Å². The zero-order valence-electron chi connectivity index (χ0n) is 8.43. The SMILES string of the molecule is CC1C=C(C(=O)Nc2ccncc2)SC1. The van der Waals surface area contributed by atoms with Crippen LogP contribution in [0.4, 0.5) is 5.69 Å². The van der Waals surface area contributed by atoms with Crippen molar-refractivity contribution in [2.75, 3.05) is 11.1 Å². The van der Waals surface area contributed by atoms with E-state index in [9.17, 15) is 4.79 Å². The third kappa shape index (κ3) is 2.59. The van der Waals surface area contributed by atoms with Crippen LogP contribution in [0.25, 0.3) is 0 Å². The molecule has 15 heavy (non-hydrogen) atoms. The lowest BCUT2D eigenvalue weighted by Gasteiger charge is -2.03. The van der Waals surface area contributed by atoms with Crippen LogP contribution >= 0.6 is 11.8 Å². The van der Waals surface area contributed by atoms with E-state index in [0.717, 1.165) is 16.3 Å². The molecule has 2 heterocycles. The van der Waals surface area contributed by atoms with E-state index in [1.165, 1.54) is 0 Å². The molecule has 1 amide bonds. The van der Waals surface area contributed by atoms with E-state index < -0.39 is 0 Å². The molecule has 0 fully saturated rings. The van der Waals surface area contributed by atoms with Gasteiger partial charge in [-0.2, -0.15) is 0 Å². The van der Waals surface area contributed by atoms with Crippen molar-refractivity contribution in [1.82, 2.24) is 4.98 Å². The highest BCUT2D eigenvalue weighted by Gasteiger charge is 2.18. The van der Waals surface area contributed by atoms with Gasteiger partial charge in [0.2, 0.25) is 0 Å². The first-order valence-corrected chi connectivity index (χ1v) is 5.80. The van der Waals surface area contributed by atoms with Gasteiger partial charge in [-0.05, 0) is 18.1 Å². The van der Waals surface area contributed by atoms with Crippen LogP contribution in [0.1, 0.15) is 6.92 Å². The summed E-state index contributed by atoms with van der Waals surface area (Å²) in [7, 11) is 0. The monoisotopic (exact) mass is 220 g/mol. The molecule has 78 valence electrons. The number of rotatable bonds is 2. The molecule has 1 N–H and O–H groups in total. The summed E-state index contributed by atoms with van der Waals surface area (Å²) in [6, 6.07) is 3.56. The number of carbonyl (C=O) groups excluding carboxylic acids is 1. The molecule has 0 saturated carbocycles. The van der Waals surface area contributed by atoms with Crippen molar-refractivity contribution in [3.63, 3.8) is 0 Å². The summed E-state index contributed by atoms with van der Waals surface area (Å²) < 4.78 is 0. The summed E-state index contributed by atoms with van der Waals surface area (Å²) in [5.41, 5.74) is 0.788. The minimum absolute atomic E-state index is 0.0180. The summed E-state index contributed by atoms with van der Waals surface area (Å²) in [4.78, 5) is 16.4. The Kier molecular flexibility index (Phi) is 3.06. The second-order valence-electron chi connectivity index (χ2n) is 3.51. The molecule has 0 bridgehead atoms. The van der Waals surface area contributed by atoms with E-state index in [1.807, 2.05) is 6.08 Å². The average Bonchev–Trinajstić information content (AvgIpc) is 2.66. The molecular formula is C11H12N2OS. The largest absolute Gasteiger partial charge is 0.321 e. The van der Waals surface area contributed by atoms with Gasteiger partial charge in [-0.15, -0.1) is 11.8 Å². The lowest BCUT2D eigenvalue weighted by molar-refractivity contribution is -0.112. The number of carbonyl (C=O) groups is 1. The zero-order chi connectivity index (χ0) is 10.7. The Hall–Kier alpha value is -1.29. The van der Waals surface area contributed by atoms with Gasteiger partial charge in [-0.3, -0.25) is 9.78 Å². The Morgan fingerprint density at radius 1 is 1.53 bits per heavy atom. The maximum Gasteiger partial charge on any atom is 0.261 e. The topological polar surface area (TPSA) is 42.0 Å². The van der Waals surface area contributed by atoms with Gasteiger partial charge in [0.25, 0.3) is 5.91 Å². The number of aromatic nitrogens is 1. The van der Waals surface area contributed by atoms with Crippen molar-refractivity contribution in [2.24, 2.45) is 5.92 Å². The molecule has 1 atom stereocenters. The number of nitrogens with zero attached hydrogens (tertiary/aromatic N) is 1. The van der Waals surface area contributed by atoms with Crippen LogP contribution in [0.5, 0.6) is 0 Å². The molecule has 2 rings (SSSR count). The molecule has 0 saturated heterocycles. The van der Waals surface area contributed by atoms with E-state index in [4.69, 9.17) is 0 Å². The van der Waals surface area contributed by atoms with Gasteiger partial charge >= 0.3 is 0 Å². The van der Waals surface area contributed by atoms with Crippen molar-refractivity contribution in [3.8, 4) is 0 Å². The number of thioether (sulfide) groups is 1. The summed E-state index contributed by atoms with van der Waals surface area (Å²) in [5.74, 6) is 1.47. The Morgan fingerprint density at radius 2 is 2.27 bits per heavy atom. The standard InChI is InChI=1S/C11H12N2OS/c1-8-6-10(15-7-8)11(14)13-9-2-4-12-5-3-9/h2-6,8H,7H2,1H3,(H,12,13,14). The molecule has 1 aliphatic heterocycles. The minimum Gasteiger partial charge on any atom is -0.321 e. The molecule has 1 aliphatic rings. The van der Waals surface area contributed by atoms with Gasteiger partial charge in [0.05, 0.1) is 4.91 Å². The third-order valence-electron chi connectivity index (χ3n) is 2.10. The van der Waals surface area contributed by atoms with Gasteiger partial charge in [0, 0.05) is 23.8 Å². The molecule has 0 spiro atoms. The van der Waals surface area contributed by atoms with Gasteiger partial charge in [-0.25, -0.2) is 0 Å². The second-order valence-corrected chi connectivity index (χ2v) is 4.57.